The number of hydrogen-bond donors (Lipinski definition) is 2. The lowest BCUT2D eigenvalue weighted by Gasteiger charge is -2.11. The molecule has 1 fully saturated rings. The molecular formula is C16H22N2O3. The SMILES string of the molecule is CC(C)CNC(=O)c1ccc(NC(=O)C2CCCO2)cc1. The van der Waals surface area contributed by atoms with Crippen molar-refractivity contribution in [3.05, 3.63) is 29.8 Å². The van der Waals surface area contributed by atoms with Crippen LogP contribution < -0.4 is 10.6 Å². The molecule has 0 aromatic heterocycles. The van der Waals surface area contributed by atoms with Crippen molar-refractivity contribution >= 4 is 17.5 Å². The van der Waals surface area contributed by atoms with E-state index in [4.69, 9.17) is 4.74 Å². The number of ether oxygens (including phenoxy) is 1. The molecule has 2 amide bonds. The van der Waals surface area contributed by atoms with E-state index in [0.717, 1.165) is 12.8 Å². The molecule has 2 rings (SSSR count). The molecular weight excluding hydrogens is 268 g/mol. The molecule has 5 nitrogen and oxygen atoms in total. The smallest absolute Gasteiger partial charge is 0.253 e. The van der Waals surface area contributed by atoms with Crippen molar-refractivity contribution in [1.82, 2.24) is 5.32 Å². The maximum atomic E-state index is 11.9. The van der Waals surface area contributed by atoms with Gasteiger partial charge in [-0.1, -0.05) is 13.8 Å². The van der Waals surface area contributed by atoms with Gasteiger partial charge in [-0.25, -0.2) is 0 Å². The van der Waals surface area contributed by atoms with Crippen molar-refractivity contribution in [2.45, 2.75) is 32.8 Å². The monoisotopic (exact) mass is 290 g/mol. The summed E-state index contributed by atoms with van der Waals surface area (Å²) in [6, 6.07) is 6.88. The Morgan fingerprint density at radius 2 is 2.00 bits per heavy atom. The minimum atomic E-state index is -0.348. The van der Waals surface area contributed by atoms with Crippen molar-refractivity contribution in [2.24, 2.45) is 5.92 Å². The van der Waals surface area contributed by atoms with Crippen LogP contribution in [0.2, 0.25) is 0 Å². The molecule has 0 bridgehead atoms. The van der Waals surface area contributed by atoms with E-state index in [9.17, 15) is 9.59 Å². The highest BCUT2D eigenvalue weighted by molar-refractivity contribution is 5.96. The number of amides is 2. The Labute approximate surface area is 125 Å². The van der Waals surface area contributed by atoms with E-state index >= 15 is 0 Å². The van der Waals surface area contributed by atoms with Gasteiger partial charge >= 0.3 is 0 Å². The van der Waals surface area contributed by atoms with Crippen molar-refractivity contribution in [1.29, 1.82) is 0 Å². The molecule has 1 heterocycles. The normalized spacial score (nSPS) is 17.8. The summed E-state index contributed by atoms with van der Waals surface area (Å²) in [6.45, 7) is 5.39. The molecule has 2 N–H and O–H groups in total. The molecule has 1 saturated heterocycles. The van der Waals surface area contributed by atoms with Crippen LogP contribution in [0.4, 0.5) is 5.69 Å². The van der Waals surface area contributed by atoms with E-state index in [-0.39, 0.29) is 17.9 Å². The van der Waals surface area contributed by atoms with Gasteiger partial charge in [-0.2, -0.15) is 0 Å². The van der Waals surface area contributed by atoms with Gasteiger partial charge in [0.2, 0.25) is 0 Å². The molecule has 0 saturated carbocycles. The average molecular weight is 290 g/mol. The molecule has 1 aromatic carbocycles. The Kier molecular flexibility index (Phi) is 5.33. The zero-order valence-electron chi connectivity index (χ0n) is 12.5. The minimum absolute atomic E-state index is 0.0966. The Morgan fingerprint density at radius 1 is 1.29 bits per heavy atom. The fourth-order valence-electron chi connectivity index (χ4n) is 2.11. The van der Waals surface area contributed by atoms with E-state index in [0.29, 0.717) is 30.3 Å². The molecule has 1 atom stereocenters. The second-order valence-corrected chi connectivity index (χ2v) is 5.67. The third-order valence-corrected chi connectivity index (χ3v) is 3.31. The Bertz CT molecular complexity index is 491. The lowest BCUT2D eigenvalue weighted by molar-refractivity contribution is -0.124. The number of carbonyl (C=O) groups is 2. The zero-order valence-corrected chi connectivity index (χ0v) is 12.5. The van der Waals surface area contributed by atoms with Gasteiger partial charge in [-0.15, -0.1) is 0 Å². The molecule has 5 heteroatoms. The third kappa shape index (κ3) is 4.56. The van der Waals surface area contributed by atoms with Crippen LogP contribution in [-0.4, -0.2) is 31.1 Å². The van der Waals surface area contributed by atoms with Crippen LogP contribution in [0, 0.1) is 5.92 Å². The quantitative estimate of drug-likeness (QED) is 0.873. The standard InChI is InChI=1S/C16H22N2O3/c1-11(2)10-17-15(19)12-5-7-13(8-6-12)18-16(20)14-4-3-9-21-14/h5-8,11,14H,3-4,9-10H2,1-2H3,(H,17,19)(H,18,20). The van der Waals surface area contributed by atoms with Gasteiger partial charge in [0.15, 0.2) is 0 Å². The first kappa shape index (κ1) is 15.5. The molecule has 114 valence electrons. The summed E-state index contributed by atoms with van der Waals surface area (Å²) in [5.41, 5.74) is 1.27. The highest BCUT2D eigenvalue weighted by atomic mass is 16.5. The molecule has 1 aliphatic rings. The highest BCUT2D eigenvalue weighted by Gasteiger charge is 2.23. The molecule has 1 aliphatic heterocycles. The van der Waals surface area contributed by atoms with Crippen molar-refractivity contribution in [3.8, 4) is 0 Å². The molecule has 1 aromatic rings. The number of rotatable bonds is 5. The number of anilines is 1. The van der Waals surface area contributed by atoms with E-state index in [1.165, 1.54) is 0 Å². The van der Waals surface area contributed by atoms with Gasteiger partial charge in [-0.3, -0.25) is 9.59 Å². The van der Waals surface area contributed by atoms with Gasteiger partial charge in [0.25, 0.3) is 11.8 Å². The van der Waals surface area contributed by atoms with E-state index in [1.807, 2.05) is 13.8 Å². The van der Waals surface area contributed by atoms with Gasteiger partial charge in [0.1, 0.15) is 6.10 Å². The average Bonchev–Trinajstić information content (AvgIpc) is 3.00. The predicted molar refractivity (Wildman–Crippen MR) is 81.2 cm³/mol. The summed E-state index contributed by atoms with van der Waals surface area (Å²) in [5, 5.41) is 5.66. The lowest BCUT2D eigenvalue weighted by atomic mass is 10.1. The number of carbonyl (C=O) groups excluding carboxylic acids is 2. The summed E-state index contributed by atoms with van der Waals surface area (Å²) in [6.07, 6.45) is 1.34. The zero-order chi connectivity index (χ0) is 15.2. The van der Waals surface area contributed by atoms with Crippen molar-refractivity contribution in [3.63, 3.8) is 0 Å². The number of nitrogens with one attached hydrogen (secondary N) is 2. The lowest BCUT2D eigenvalue weighted by Crippen LogP contribution is -2.28. The van der Waals surface area contributed by atoms with E-state index in [1.54, 1.807) is 24.3 Å². The molecule has 0 radical (unpaired) electrons. The molecule has 0 spiro atoms. The molecule has 0 aliphatic carbocycles. The summed E-state index contributed by atoms with van der Waals surface area (Å²) in [5.74, 6) is 0.198. The van der Waals surface area contributed by atoms with Crippen LogP contribution >= 0.6 is 0 Å². The second kappa shape index (κ2) is 7.22. The summed E-state index contributed by atoms with van der Waals surface area (Å²) in [7, 11) is 0. The van der Waals surface area contributed by atoms with Crippen LogP contribution in [0.3, 0.4) is 0 Å². The summed E-state index contributed by atoms with van der Waals surface area (Å²) in [4.78, 5) is 23.8. The van der Waals surface area contributed by atoms with E-state index < -0.39 is 0 Å². The minimum Gasteiger partial charge on any atom is -0.368 e. The molecule has 21 heavy (non-hydrogen) atoms. The fraction of sp³-hybridized carbons (Fsp3) is 0.500. The largest absolute Gasteiger partial charge is 0.368 e. The fourth-order valence-corrected chi connectivity index (χ4v) is 2.11. The van der Waals surface area contributed by atoms with E-state index in [2.05, 4.69) is 10.6 Å². The first-order chi connectivity index (χ1) is 10.1. The maximum absolute atomic E-state index is 11.9. The van der Waals surface area contributed by atoms with Crippen LogP contribution in [-0.2, 0) is 9.53 Å². The van der Waals surface area contributed by atoms with Crippen molar-refractivity contribution in [2.75, 3.05) is 18.5 Å². The van der Waals surface area contributed by atoms with Crippen LogP contribution in [0.1, 0.15) is 37.0 Å². The number of hydrogen-bond acceptors (Lipinski definition) is 3. The first-order valence-electron chi connectivity index (χ1n) is 7.37. The van der Waals surface area contributed by atoms with Crippen LogP contribution in [0.5, 0.6) is 0 Å². The van der Waals surface area contributed by atoms with Crippen molar-refractivity contribution < 1.29 is 14.3 Å². The maximum Gasteiger partial charge on any atom is 0.253 e. The Balaban J connectivity index is 1.89. The van der Waals surface area contributed by atoms with Gasteiger partial charge in [0.05, 0.1) is 0 Å². The van der Waals surface area contributed by atoms with Crippen LogP contribution in [0.15, 0.2) is 24.3 Å². The third-order valence-electron chi connectivity index (χ3n) is 3.31. The Morgan fingerprint density at radius 3 is 2.57 bits per heavy atom. The second-order valence-electron chi connectivity index (χ2n) is 5.67. The van der Waals surface area contributed by atoms with Crippen LogP contribution in [0.25, 0.3) is 0 Å². The van der Waals surface area contributed by atoms with Gasteiger partial charge in [-0.05, 0) is 43.0 Å². The predicted octanol–water partition coefficient (Wildman–Crippen LogP) is 2.19. The first-order valence-corrected chi connectivity index (χ1v) is 7.37. The topological polar surface area (TPSA) is 67.4 Å². The molecule has 1 unspecified atom stereocenters. The van der Waals surface area contributed by atoms with Gasteiger partial charge < -0.3 is 15.4 Å². The Hall–Kier alpha value is -1.88. The summed E-state index contributed by atoms with van der Waals surface area (Å²) >= 11 is 0. The highest BCUT2D eigenvalue weighted by Crippen LogP contribution is 2.15. The number of benzene rings is 1. The summed E-state index contributed by atoms with van der Waals surface area (Å²) < 4.78 is 5.33. The van der Waals surface area contributed by atoms with Gasteiger partial charge in [0, 0.05) is 24.4 Å².